The number of aryl methyl sites for hydroxylation is 1. The fourth-order valence-corrected chi connectivity index (χ4v) is 5.19. The van der Waals surface area contributed by atoms with Crippen LogP contribution in [0.25, 0.3) is 4.85 Å². The first kappa shape index (κ1) is 24.0. The molecule has 1 aliphatic carbocycles. The van der Waals surface area contributed by atoms with E-state index in [0.717, 1.165) is 23.4 Å². The van der Waals surface area contributed by atoms with Gasteiger partial charge in [0.2, 0.25) is 6.04 Å². The van der Waals surface area contributed by atoms with Crippen molar-refractivity contribution in [2.45, 2.75) is 50.4 Å². The number of aromatic carboxylic acids is 1. The van der Waals surface area contributed by atoms with Crippen molar-refractivity contribution < 1.29 is 28.2 Å². The van der Waals surface area contributed by atoms with Gasteiger partial charge in [-0.25, -0.2) is 11.4 Å². The first-order valence-corrected chi connectivity index (χ1v) is 11.2. The topological polar surface area (TPSA) is 61.9 Å². The van der Waals surface area contributed by atoms with E-state index >= 15 is 0 Å². The van der Waals surface area contributed by atoms with Gasteiger partial charge in [-0.15, -0.1) is 11.3 Å². The lowest BCUT2D eigenvalue weighted by molar-refractivity contribution is -0.137. The molecule has 0 saturated heterocycles. The summed E-state index contributed by atoms with van der Waals surface area (Å²) in [4.78, 5) is 16.0. The van der Waals surface area contributed by atoms with Gasteiger partial charge in [0.15, 0.2) is 0 Å². The largest absolute Gasteiger partial charge is 0.477 e. The summed E-state index contributed by atoms with van der Waals surface area (Å²) in [6, 6.07) is 8.27. The highest BCUT2D eigenvalue weighted by molar-refractivity contribution is 7.13. The average Bonchev–Trinajstić information content (AvgIpc) is 3.33. The first-order chi connectivity index (χ1) is 15.2. The summed E-state index contributed by atoms with van der Waals surface area (Å²) in [5.74, 6) is -1.21. The van der Waals surface area contributed by atoms with Crippen molar-refractivity contribution in [3.63, 3.8) is 0 Å². The van der Waals surface area contributed by atoms with Gasteiger partial charge in [-0.2, -0.15) is 13.2 Å². The third-order valence-corrected chi connectivity index (χ3v) is 7.01. The number of hydrogen-bond acceptors (Lipinski definition) is 3. The van der Waals surface area contributed by atoms with E-state index in [1.54, 1.807) is 24.3 Å². The van der Waals surface area contributed by atoms with Crippen LogP contribution in [0.4, 0.5) is 13.2 Å². The molecule has 32 heavy (non-hydrogen) atoms. The molecular weight excluding hydrogens is 439 g/mol. The maximum atomic E-state index is 12.9. The molecule has 0 unspecified atom stereocenters. The Morgan fingerprint density at radius 2 is 2.06 bits per heavy atom. The van der Waals surface area contributed by atoms with E-state index < -0.39 is 23.8 Å². The lowest BCUT2D eigenvalue weighted by Gasteiger charge is -2.18. The van der Waals surface area contributed by atoms with Crippen LogP contribution in [0.1, 0.15) is 44.9 Å². The molecule has 1 aromatic heterocycles. The molecule has 4 atom stereocenters. The summed E-state index contributed by atoms with van der Waals surface area (Å²) in [6.45, 7) is 7.47. The van der Waals surface area contributed by atoms with Crippen molar-refractivity contribution >= 4 is 17.3 Å². The summed E-state index contributed by atoms with van der Waals surface area (Å²) in [5, 5.41) is 19.5. The molecule has 0 bridgehead atoms. The number of thiophene rings is 1. The minimum absolute atomic E-state index is 0.0424. The molecule has 0 amide bonds. The standard InChI is InChI=1S/C24H24F3NO3S/c1-28-20-14-21(29)19(10-3-6-15-5-2-7-16(13-15)24(25,26)27)18(20)9-4-8-17-11-12-22(32-17)23(30)31/h2-3,5,7,10-13,18-21,29H,4,6,8-9,14H2,(H,30,31)/t18-,19-,20-,21-/m1/s1. The number of rotatable bonds is 8. The maximum Gasteiger partial charge on any atom is 0.416 e. The molecule has 4 nitrogen and oxygen atoms in total. The first-order valence-electron chi connectivity index (χ1n) is 10.4. The van der Waals surface area contributed by atoms with Crippen LogP contribution in [-0.4, -0.2) is 28.3 Å². The molecule has 0 aliphatic heterocycles. The molecule has 8 heteroatoms. The van der Waals surface area contributed by atoms with E-state index in [9.17, 15) is 23.1 Å². The second-order valence-electron chi connectivity index (χ2n) is 8.03. The summed E-state index contributed by atoms with van der Waals surface area (Å²) in [7, 11) is 0. The average molecular weight is 464 g/mol. The van der Waals surface area contributed by atoms with Crippen molar-refractivity contribution in [2.75, 3.05) is 0 Å². The zero-order valence-electron chi connectivity index (χ0n) is 17.3. The minimum Gasteiger partial charge on any atom is -0.477 e. The van der Waals surface area contributed by atoms with Crippen molar-refractivity contribution in [3.8, 4) is 0 Å². The molecule has 1 heterocycles. The number of allylic oxidation sites excluding steroid dienone is 1. The molecule has 1 fully saturated rings. The molecular formula is C24H24F3NO3S. The highest BCUT2D eigenvalue weighted by Gasteiger charge is 2.44. The van der Waals surface area contributed by atoms with Gasteiger partial charge in [0.1, 0.15) is 4.88 Å². The Bertz CT molecular complexity index is 1010. The van der Waals surface area contributed by atoms with Gasteiger partial charge in [-0.05, 0) is 49.4 Å². The number of alkyl halides is 3. The van der Waals surface area contributed by atoms with Crippen molar-refractivity contribution in [3.05, 3.63) is 80.8 Å². The van der Waals surface area contributed by atoms with Crippen LogP contribution >= 0.6 is 11.3 Å². The molecule has 1 saturated carbocycles. The number of carboxylic acid groups (broad SMARTS) is 1. The van der Waals surface area contributed by atoms with Crippen LogP contribution in [0.2, 0.25) is 0 Å². The Balaban J connectivity index is 1.62. The van der Waals surface area contributed by atoms with Gasteiger partial charge >= 0.3 is 12.1 Å². The van der Waals surface area contributed by atoms with E-state index in [0.29, 0.717) is 36.1 Å². The van der Waals surface area contributed by atoms with Crippen molar-refractivity contribution in [1.29, 1.82) is 0 Å². The Labute approximate surface area is 188 Å². The van der Waals surface area contributed by atoms with Gasteiger partial charge in [0.05, 0.1) is 11.7 Å². The molecule has 3 rings (SSSR count). The summed E-state index contributed by atoms with van der Waals surface area (Å²) < 4.78 is 38.7. The lowest BCUT2D eigenvalue weighted by Crippen LogP contribution is -2.19. The van der Waals surface area contributed by atoms with E-state index in [4.69, 9.17) is 11.7 Å². The van der Waals surface area contributed by atoms with Crippen LogP contribution in [0, 0.1) is 18.4 Å². The minimum atomic E-state index is -4.39. The predicted octanol–water partition coefficient (Wildman–Crippen LogP) is 5.87. The summed E-state index contributed by atoms with van der Waals surface area (Å²) in [5.41, 5.74) is -0.149. The molecule has 1 aromatic carbocycles. The third-order valence-electron chi connectivity index (χ3n) is 5.88. The Morgan fingerprint density at radius 3 is 2.72 bits per heavy atom. The van der Waals surface area contributed by atoms with E-state index in [2.05, 4.69) is 4.85 Å². The maximum absolute atomic E-state index is 12.9. The number of nitrogens with zero attached hydrogens (tertiary/aromatic N) is 1. The molecule has 2 N–H and O–H groups in total. The Kier molecular flexibility index (Phi) is 7.75. The molecule has 1 aliphatic rings. The van der Waals surface area contributed by atoms with Crippen molar-refractivity contribution in [1.82, 2.24) is 0 Å². The van der Waals surface area contributed by atoms with Crippen LogP contribution in [-0.2, 0) is 19.0 Å². The van der Waals surface area contributed by atoms with Gasteiger partial charge in [0, 0.05) is 23.1 Å². The van der Waals surface area contributed by atoms with Crippen molar-refractivity contribution in [2.24, 2.45) is 11.8 Å². The zero-order valence-corrected chi connectivity index (χ0v) is 18.1. The monoisotopic (exact) mass is 463 g/mol. The number of carbonyl (C=O) groups is 1. The predicted molar refractivity (Wildman–Crippen MR) is 116 cm³/mol. The molecule has 0 radical (unpaired) electrons. The van der Waals surface area contributed by atoms with Gasteiger partial charge in [-0.3, -0.25) is 0 Å². The summed E-state index contributed by atoms with van der Waals surface area (Å²) in [6.07, 6.45) is 1.46. The van der Waals surface area contributed by atoms with Gasteiger partial charge in [-0.1, -0.05) is 30.4 Å². The van der Waals surface area contributed by atoms with E-state index in [1.807, 2.05) is 6.08 Å². The fraction of sp³-hybridized carbons (Fsp3) is 0.417. The van der Waals surface area contributed by atoms with Crippen LogP contribution in [0.3, 0.4) is 0 Å². The number of aliphatic hydroxyl groups is 1. The quantitative estimate of drug-likeness (QED) is 0.380. The molecule has 170 valence electrons. The molecule has 2 aromatic rings. The number of benzene rings is 1. The Morgan fingerprint density at radius 1 is 1.28 bits per heavy atom. The highest BCUT2D eigenvalue weighted by Crippen LogP contribution is 2.39. The highest BCUT2D eigenvalue weighted by atomic mass is 32.1. The molecule has 0 spiro atoms. The summed E-state index contributed by atoms with van der Waals surface area (Å²) >= 11 is 1.24. The number of hydrogen-bond donors (Lipinski definition) is 2. The zero-order chi connectivity index (χ0) is 23.3. The second-order valence-corrected chi connectivity index (χ2v) is 9.20. The number of aliphatic hydroxyl groups excluding tert-OH is 1. The second kappa shape index (κ2) is 10.3. The van der Waals surface area contributed by atoms with Gasteiger partial charge < -0.3 is 15.1 Å². The SMILES string of the molecule is [C-]#[N+][C@@H]1C[C@@H](O)[C@H](C=CCc2cccc(C(F)(F)F)c2)[C@H]1CCCc1ccc(C(=O)O)s1. The van der Waals surface area contributed by atoms with E-state index in [-0.39, 0.29) is 17.9 Å². The van der Waals surface area contributed by atoms with Crippen LogP contribution in [0.5, 0.6) is 0 Å². The fourth-order valence-electron chi connectivity index (χ4n) is 4.30. The lowest BCUT2D eigenvalue weighted by atomic mass is 9.87. The van der Waals surface area contributed by atoms with Crippen LogP contribution < -0.4 is 0 Å². The van der Waals surface area contributed by atoms with Crippen LogP contribution in [0.15, 0.2) is 48.6 Å². The smallest absolute Gasteiger partial charge is 0.416 e. The third kappa shape index (κ3) is 5.99. The normalized spacial score (nSPS) is 23.5. The van der Waals surface area contributed by atoms with Gasteiger partial charge in [0.25, 0.3) is 0 Å². The Hall–Kier alpha value is -2.63. The van der Waals surface area contributed by atoms with E-state index in [1.165, 1.54) is 17.4 Å². The number of halogens is 3. The number of carboxylic acids is 1.